The minimum atomic E-state index is -0.149. The van der Waals surface area contributed by atoms with E-state index in [1.54, 1.807) is 0 Å². The Morgan fingerprint density at radius 3 is 2.79 bits per heavy atom. The molecule has 1 fully saturated rings. The highest BCUT2D eigenvalue weighted by molar-refractivity contribution is 5.89. The van der Waals surface area contributed by atoms with E-state index in [1.165, 1.54) is 0 Å². The lowest BCUT2D eigenvalue weighted by molar-refractivity contribution is -0.129. The van der Waals surface area contributed by atoms with Crippen molar-refractivity contribution in [1.29, 1.82) is 0 Å². The number of nitrogens with zero attached hydrogens (tertiary/aromatic N) is 2. The molecule has 5 nitrogen and oxygen atoms in total. The summed E-state index contributed by atoms with van der Waals surface area (Å²) in [6, 6.07) is 0. The first kappa shape index (κ1) is 16.0. The van der Waals surface area contributed by atoms with Crippen molar-refractivity contribution < 1.29 is 9.59 Å². The molecule has 0 aromatic carbocycles. The van der Waals surface area contributed by atoms with Crippen molar-refractivity contribution in [3.8, 4) is 0 Å². The molecule has 1 heterocycles. The fraction of sp³-hybridized carbons (Fsp3) is 0.857. The average molecular weight is 269 g/mol. The Bertz CT molecular complexity index is 305. The fourth-order valence-electron chi connectivity index (χ4n) is 2.26. The van der Waals surface area contributed by atoms with Crippen molar-refractivity contribution in [2.45, 2.75) is 32.6 Å². The normalized spacial score (nSPS) is 19.3. The van der Waals surface area contributed by atoms with Gasteiger partial charge in [0.25, 0.3) is 0 Å². The third-order valence-corrected chi connectivity index (χ3v) is 3.45. The summed E-state index contributed by atoms with van der Waals surface area (Å²) in [5, 5.41) is 2.93. The van der Waals surface area contributed by atoms with Gasteiger partial charge in [-0.25, -0.2) is 0 Å². The quantitative estimate of drug-likeness (QED) is 0.660. The number of carbonyl (C=O) groups is 2. The summed E-state index contributed by atoms with van der Waals surface area (Å²) < 4.78 is 0. The number of rotatable bonds is 8. The third-order valence-electron chi connectivity index (χ3n) is 3.45. The van der Waals surface area contributed by atoms with Gasteiger partial charge < -0.3 is 15.1 Å². The lowest BCUT2D eigenvalue weighted by Gasteiger charge is -2.16. The molecule has 19 heavy (non-hydrogen) atoms. The van der Waals surface area contributed by atoms with Crippen molar-refractivity contribution in [2.75, 3.05) is 40.3 Å². The summed E-state index contributed by atoms with van der Waals surface area (Å²) in [6.45, 7) is 5.15. The van der Waals surface area contributed by atoms with Crippen LogP contribution in [0.3, 0.4) is 0 Å². The maximum Gasteiger partial charge on any atom is 0.225 e. The second-order valence-corrected chi connectivity index (χ2v) is 5.54. The van der Waals surface area contributed by atoms with E-state index in [-0.39, 0.29) is 17.7 Å². The molecule has 5 heteroatoms. The van der Waals surface area contributed by atoms with E-state index in [1.807, 2.05) is 19.0 Å². The molecule has 1 aliphatic heterocycles. The molecule has 0 bridgehead atoms. The summed E-state index contributed by atoms with van der Waals surface area (Å²) in [4.78, 5) is 27.6. The zero-order valence-corrected chi connectivity index (χ0v) is 12.4. The molecule has 1 aliphatic rings. The van der Waals surface area contributed by atoms with Crippen LogP contribution in [0.1, 0.15) is 32.6 Å². The number of unbranched alkanes of at least 4 members (excludes halogenated alkanes) is 1. The van der Waals surface area contributed by atoms with Crippen molar-refractivity contribution in [3.63, 3.8) is 0 Å². The highest BCUT2D eigenvalue weighted by Crippen LogP contribution is 2.18. The zero-order chi connectivity index (χ0) is 14.3. The first-order valence-electron chi connectivity index (χ1n) is 7.24. The molecule has 0 saturated carbocycles. The summed E-state index contributed by atoms with van der Waals surface area (Å²) in [7, 11) is 4.03. The summed E-state index contributed by atoms with van der Waals surface area (Å²) in [5.41, 5.74) is 0. The Labute approximate surface area is 116 Å². The number of hydrogen-bond acceptors (Lipinski definition) is 3. The van der Waals surface area contributed by atoms with Gasteiger partial charge in [0, 0.05) is 26.1 Å². The maximum atomic E-state index is 12.0. The minimum absolute atomic E-state index is 0.0334. The molecule has 0 spiro atoms. The van der Waals surface area contributed by atoms with Crippen LogP contribution in [0.4, 0.5) is 0 Å². The van der Waals surface area contributed by atoms with Crippen LogP contribution in [0.15, 0.2) is 0 Å². The van der Waals surface area contributed by atoms with Crippen molar-refractivity contribution in [3.05, 3.63) is 0 Å². The smallest absolute Gasteiger partial charge is 0.225 e. The molecular weight excluding hydrogens is 242 g/mol. The van der Waals surface area contributed by atoms with Gasteiger partial charge in [-0.3, -0.25) is 9.59 Å². The molecule has 1 rings (SSSR count). The van der Waals surface area contributed by atoms with E-state index in [0.29, 0.717) is 19.5 Å². The van der Waals surface area contributed by atoms with Crippen LogP contribution in [0.2, 0.25) is 0 Å². The number of likely N-dealkylation sites (tertiary alicyclic amines) is 1. The summed E-state index contributed by atoms with van der Waals surface area (Å²) in [5.74, 6) is 0.0108. The second-order valence-electron chi connectivity index (χ2n) is 5.54. The molecule has 1 unspecified atom stereocenters. The van der Waals surface area contributed by atoms with Gasteiger partial charge in [0.2, 0.25) is 11.8 Å². The van der Waals surface area contributed by atoms with Gasteiger partial charge in [-0.15, -0.1) is 0 Å². The third kappa shape index (κ3) is 5.59. The van der Waals surface area contributed by atoms with Gasteiger partial charge in [0.15, 0.2) is 0 Å². The SMILES string of the molecule is CCCCN1CC(C(=O)NCCCN(C)C)CC1=O. The van der Waals surface area contributed by atoms with Gasteiger partial charge in [-0.1, -0.05) is 13.3 Å². The lowest BCUT2D eigenvalue weighted by Crippen LogP contribution is -2.34. The van der Waals surface area contributed by atoms with Gasteiger partial charge in [-0.05, 0) is 33.5 Å². The summed E-state index contributed by atoms with van der Waals surface area (Å²) in [6.07, 6.45) is 3.41. The standard InChI is InChI=1S/C14H27N3O2/c1-4-5-9-17-11-12(10-13(17)18)14(19)15-7-6-8-16(2)3/h12H,4-11H2,1-3H3,(H,15,19). The Kier molecular flexibility index (Phi) is 6.84. The van der Waals surface area contributed by atoms with Crippen LogP contribution in [-0.4, -0.2) is 61.9 Å². The average Bonchev–Trinajstić information content (AvgIpc) is 2.73. The van der Waals surface area contributed by atoms with Crippen LogP contribution < -0.4 is 5.32 Å². The predicted octanol–water partition coefficient (Wildman–Crippen LogP) is 0.703. The number of amides is 2. The Morgan fingerprint density at radius 1 is 1.42 bits per heavy atom. The van der Waals surface area contributed by atoms with Crippen molar-refractivity contribution >= 4 is 11.8 Å². The Hall–Kier alpha value is -1.10. The van der Waals surface area contributed by atoms with E-state index in [9.17, 15) is 9.59 Å². The number of nitrogens with one attached hydrogen (secondary N) is 1. The summed E-state index contributed by atoms with van der Waals surface area (Å²) >= 11 is 0. The molecule has 0 aromatic heterocycles. The van der Waals surface area contributed by atoms with Crippen molar-refractivity contribution in [2.24, 2.45) is 5.92 Å². The first-order chi connectivity index (χ1) is 9.04. The molecule has 2 amide bonds. The van der Waals surface area contributed by atoms with Crippen LogP contribution in [0, 0.1) is 5.92 Å². The topological polar surface area (TPSA) is 52.7 Å². The van der Waals surface area contributed by atoms with Crippen LogP contribution in [0.5, 0.6) is 0 Å². The highest BCUT2D eigenvalue weighted by atomic mass is 16.2. The second kappa shape index (κ2) is 8.15. The van der Waals surface area contributed by atoms with Crippen LogP contribution in [-0.2, 0) is 9.59 Å². The van der Waals surface area contributed by atoms with E-state index in [2.05, 4.69) is 17.1 Å². The van der Waals surface area contributed by atoms with Crippen LogP contribution in [0.25, 0.3) is 0 Å². The van der Waals surface area contributed by atoms with Gasteiger partial charge in [0.1, 0.15) is 0 Å². The molecule has 0 aliphatic carbocycles. The number of carbonyl (C=O) groups excluding carboxylic acids is 2. The monoisotopic (exact) mass is 269 g/mol. The van der Waals surface area contributed by atoms with E-state index < -0.39 is 0 Å². The molecule has 1 saturated heterocycles. The minimum Gasteiger partial charge on any atom is -0.356 e. The molecule has 0 aromatic rings. The Balaban J connectivity index is 2.25. The largest absolute Gasteiger partial charge is 0.356 e. The highest BCUT2D eigenvalue weighted by Gasteiger charge is 2.33. The Morgan fingerprint density at radius 2 is 2.16 bits per heavy atom. The maximum absolute atomic E-state index is 12.0. The molecule has 110 valence electrons. The fourth-order valence-corrected chi connectivity index (χ4v) is 2.26. The van der Waals surface area contributed by atoms with Gasteiger partial charge in [-0.2, -0.15) is 0 Å². The van der Waals surface area contributed by atoms with E-state index in [0.717, 1.165) is 32.4 Å². The van der Waals surface area contributed by atoms with Crippen LogP contribution >= 0.6 is 0 Å². The van der Waals surface area contributed by atoms with Gasteiger partial charge in [0.05, 0.1) is 5.92 Å². The number of hydrogen-bond donors (Lipinski definition) is 1. The molecular formula is C14H27N3O2. The predicted molar refractivity (Wildman–Crippen MR) is 75.8 cm³/mol. The van der Waals surface area contributed by atoms with E-state index >= 15 is 0 Å². The lowest BCUT2D eigenvalue weighted by atomic mass is 10.1. The van der Waals surface area contributed by atoms with E-state index in [4.69, 9.17) is 0 Å². The molecule has 1 N–H and O–H groups in total. The van der Waals surface area contributed by atoms with Gasteiger partial charge >= 0.3 is 0 Å². The molecule has 0 radical (unpaired) electrons. The molecule has 1 atom stereocenters. The van der Waals surface area contributed by atoms with Crippen molar-refractivity contribution in [1.82, 2.24) is 15.1 Å². The first-order valence-corrected chi connectivity index (χ1v) is 7.24. The zero-order valence-electron chi connectivity index (χ0n) is 12.4.